The van der Waals surface area contributed by atoms with Crippen LogP contribution in [-0.2, 0) is 16.1 Å². The molecule has 0 N–H and O–H groups in total. The van der Waals surface area contributed by atoms with Gasteiger partial charge in [-0.1, -0.05) is 6.07 Å². The molecule has 0 saturated carbocycles. The summed E-state index contributed by atoms with van der Waals surface area (Å²) in [5.74, 6) is 0.182. The Morgan fingerprint density at radius 1 is 1.12 bits per heavy atom. The Morgan fingerprint density at radius 3 is 2.68 bits per heavy atom. The molecule has 4 heterocycles. The largest absolute Gasteiger partial charge is 0.339 e. The molecule has 2 aromatic rings. The van der Waals surface area contributed by atoms with E-state index in [9.17, 15) is 9.59 Å². The van der Waals surface area contributed by atoms with Crippen molar-refractivity contribution in [1.29, 1.82) is 0 Å². The number of imidazole rings is 1. The van der Waals surface area contributed by atoms with Crippen molar-refractivity contribution < 1.29 is 9.59 Å². The number of rotatable bonds is 4. The van der Waals surface area contributed by atoms with Crippen molar-refractivity contribution in [1.82, 2.24) is 24.1 Å². The molecule has 0 atom stereocenters. The standard InChI is InChI=1S/C18H23N5O2/c24-17-5-3-7-23(17)14-18(25)21-10-8-20(9-11-21)12-15-13-22-6-2-1-4-16(22)19-15/h1-2,4,6,13H,3,5,7-12,14H2. The summed E-state index contributed by atoms with van der Waals surface area (Å²) in [7, 11) is 0. The molecular formula is C18H23N5O2. The van der Waals surface area contributed by atoms with Gasteiger partial charge in [0, 0.05) is 58.1 Å². The highest BCUT2D eigenvalue weighted by Crippen LogP contribution is 2.12. The van der Waals surface area contributed by atoms with Crippen molar-refractivity contribution in [2.24, 2.45) is 0 Å². The van der Waals surface area contributed by atoms with Crippen LogP contribution in [0.5, 0.6) is 0 Å². The average Bonchev–Trinajstić information content (AvgIpc) is 3.21. The van der Waals surface area contributed by atoms with E-state index in [0.29, 0.717) is 19.5 Å². The highest BCUT2D eigenvalue weighted by molar-refractivity contribution is 5.85. The van der Waals surface area contributed by atoms with Crippen molar-refractivity contribution in [3.63, 3.8) is 0 Å². The Kier molecular flexibility index (Phi) is 4.40. The normalized spacial score (nSPS) is 19.1. The van der Waals surface area contributed by atoms with Crippen LogP contribution in [0.15, 0.2) is 30.6 Å². The fraction of sp³-hybridized carbons (Fsp3) is 0.500. The van der Waals surface area contributed by atoms with E-state index in [2.05, 4.69) is 16.1 Å². The number of carbonyl (C=O) groups is 2. The summed E-state index contributed by atoms with van der Waals surface area (Å²) in [6.45, 7) is 4.88. The second-order valence-corrected chi connectivity index (χ2v) is 6.77. The molecule has 7 nitrogen and oxygen atoms in total. The summed E-state index contributed by atoms with van der Waals surface area (Å²) in [5, 5.41) is 0. The van der Waals surface area contributed by atoms with Gasteiger partial charge in [-0.15, -0.1) is 0 Å². The van der Waals surface area contributed by atoms with Gasteiger partial charge in [0.25, 0.3) is 0 Å². The van der Waals surface area contributed by atoms with Gasteiger partial charge in [-0.3, -0.25) is 14.5 Å². The molecule has 0 spiro atoms. The zero-order valence-corrected chi connectivity index (χ0v) is 14.3. The van der Waals surface area contributed by atoms with E-state index < -0.39 is 0 Å². The van der Waals surface area contributed by atoms with Crippen LogP contribution in [0.2, 0.25) is 0 Å². The second kappa shape index (κ2) is 6.84. The van der Waals surface area contributed by atoms with Crippen LogP contribution in [-0.4, -0.2) is 75.2 Å². The number of fused-ring (bicyclic) bond motifs is 1. The van der Waals surface area contributed by atoms with Crippen LogP contribution in [0, 0.1) is 0 Å². The third kappa shape index (κ3) is 3.51. The first-order valence-corrected chi connectivity index (χ1v) is 8.89. The quantitative estimate of drug-likeness (QED) is 0.817. The summed E-state index contributed by atoms with van der Waals surface area (Å²) < 4.78 is 2.03. The Hall–Kier alpha value is -2.41. The van der Waals surface area contributed by atoms with Crippen LogP contribution in [0.4, 0.5) is 0 Å². The van der Waals surface area contributed by atoms with Gasteiger partial charge in [-0.2, -0.15) is 0 Å². The molecule has 0 unspecified atom stereocenters. The van der Waals surface area contributed by atoms with Crippen LogP contribution in [0.3, 0.4) is 0 Å². The molecule has 0 radical (unpaired) electrons. The number of amides is 2. The van der Waals surface area contributed by atoms with Gasteiger partial charge in [0.05, 0.1) is 12.2 Å². The smallest absolute Gasteiger partial charge is 0.242 e. The number of likely N-dealkylation sites (tertiary alicyclic amines) is 1. The fourth-order valence-corrected chi connectivity index (χ4v) is 3.58. The first-order valence-electron chi connectivity index (χ1n) is 8.89. The molecule has 2 aliphatic rings. The average molecular weight is 341 g/mol. The fourth-order valence-electron chi connectivity index (χ4n) is 3.58. The topological polar surface area (TPSA) is 61.2 Å². The Morgan fingerprint density at radius 2 is 1.96 bits per heavy atom. The molecule has 2 amide bonds. The van der Waals surface area contributed by atoms with Crippen LogP contribution in [0.25, 0.3) is 5.65 Å². The van der Waals surface area contributed by atoms with Crippen LogP contribution in [0.1, 0.15) is 18.5 Å². The van der Waals surface area contributed by atoms with Gasteiger partial charge in [0.2, 0.25) is 11.8 Å². The molecule has 4 rings (SSSR count). The molecule has 0 aromatic carbocycles. The van der Waals surface area contributed by atoms with Gasteiger partial charge >= 0.3 is 0 Å². The minimum atomic E-state index is 0.0719. The molecule has 0 aliphatic carbocycles. The number of pyridine rings is 1. The molecule has 2 aromatic heterocycles. The first-order chi connectivity index (χ1) is 12.2. The summed E-state index contributed by atoms with van der Waals surface area (Å²) in [6, 6.07) is 5.98. The molecule has 2 fully saturated rings. The van der Waals surface area contributed by atoms with Crippen LogP contribution >= 0.6 is 0 Å². The van der Waals surface area contributed by atoms with Gasteiger partial charge in [-0.05, 0) is 18.6 Å². The summed E-state index contributed by atoms with van der Waals surface area (Å²) >= 11 is 0. The Balaban J connectivity index is 1.29. The predicted octanol–water partition coefficient (Wildman–Crippen LogP) is 0.601. The van der Waals surface area contributed by atoms with Gasteiger partial charge in [0.1, 0.15) is 5.65 Å². The number of piperazine rings is 1. The highest BCUT2D eigenvalue weighted by Gasteiger charge is 2.27. The monoisotopic (exact) mass is 341 g/mol. The van der Waals surface area contributed by atoms with Crippen molar-refractivity contribution in [3.8, 4) is 0 Å². The van der Waals surface area contributed by atoms with E-state index in [1.165, 1.54) is 0 Å². The lowest BCUT2D eigenvalue weighted by molar-refractivity contribution is -0.139. The lowest BCUT2D eigenvalue weighted by Crippen LogP contribution is -2.51. The molecule has 2 aliphatic heterocycles. The third-order valence-corrected chi connectivity index (χ3v) is 5.02. The molecule has 2 saturated heterocycles. The molecule has 7 heteroatoms. The second-order valence-electron chi connectivity index (χ2n) is 6.77. The zero-order chi connectivity index (χ0) is 17.2. The van der Waals surface area contributed by atoms with Crippen molar-refractivity contribution in [2.45, 2.75) is 19.4 Å². The Labute approximate surface area is 146 Å². The van der Waals surface area contributed by atoms with E-state index in [4.69, 9.17) is 0 Å². The summed E-state index contributed by atoms with van der Waals surface area (Å²) in [5.41, 5.74) is 2.01. The van der Waals surface area contributed by atoms with Crippen molar-refractivity contribution in [3.05, 3.63) is 36.3 Å². The summed E-state index contributed by atoms with van der Waals surface area (Å²) in [6.07, 6.45) is 5.52. The van der Waals surface area contributed by atoms with E-state index in [-0.39, 0.29) is 18.4 Å². The van der Waals surface area contributed by atoms with E-state index in [1.54, 1.807) is 4.90 Å². The van der Waals surface area contributed by atoms with E-state index in [1.807, 2.05) is 33.7 Å². The van der Waals surface area contributed by atoms with Gasteiger partial charge < -0.3 is 14.2 Å². The maximum Gasteiger partial charge on any atom is 0.242 e. The maximum atomic E-state index is 12.4. The minimum Gasteiger partial charge on any atom is -0.339 e. The first kappa shape index (κ1) is 16.1. The lowest BCUT2D eigenvalue weighted by atomic mass is 10.3. The summed E-state index contributed by atoms with van der Waals surface area (Å²) in [4.78, 5) is 34.6. The van der Waals surface area contributed by atoms with E-state index >= 15 is 0 Å². The number of hydrogen-bond donors (Lipinski definition) is 0. The number of aromatic nitrogens is 2. The number of hydrogen-bond acceptors (Lipinski definition) is 4. The van der Waals surface area contributed by atoms with Gasteiger partial charge in [0.15, 0.2) is 0 Å². The van der Waals surface area contributed by atoms with E-state index in [0.717, 1.165) is 43.9 Å². The van der Waals surface area contributed by atoms with Crippen molar-refractivity contribution in [2.75, 3.05) is 39.3 Å². The Bertz CT molecular complexity index is 746. The molecule has 132 valence electrons. The van der Waals surface area contributed by atoms with Crippen molar-refractivity contribution >= 4 is 17.5 Å². The number of carbonyl (C=O) groups excluding carboxylic acids is 2. The van der Waals surface area contributed by atoms with Gasteiger partial charge in [-0.25, -0.2) is 4.98 Å². The predicted molar refractivity (Wildman–Crippen MR) is 92.9 cm³/mol. The number of nitrogens with zero attached hydrogens (tertiary/aromatic N) is 5. The minimum absolute atomic E-state index is 0.0719. The maximum absolute atomic E-state index is 12.4. The van der Waals surface area contributed by atoms with Crippen LogP contribution < -0.4 is 0 Å². The lowest BCUT2D eigenvalue weighted by Gasteiger charge is -2.35. The molecular weight excluding hydrogens is 318 g/mol. The third-order valence-electron chi connectivity index (χ3n) is 5.02. The molecule has 25 heavy (non-hydrogen) atoms. The zero-order valence-electron chi connectivity index (χ0n) is 14.3. The SMILES string of the molecule is O=C(CN1CCCC1=O)N1CCN(Cc2cn3ccccc3n2)CC1. The highest BCUT2D eigenvalue weighted by atomic mass is 16.2. The molecule has 0 bridgehead atoms.